The normalized spacial score (nSPS) is 12.0. The standard InChI is InChI=1S/C16H24O3.C9H10N2O4/c1-6-15(17)19-16(11(2)3)13(5)18-14-9-7-12(4)8-10-14;1-5(12)15-8-6(14-2)3-4-11-7(8)9(10)13/h7-11,13,16H,6H2,1-5H3;3-4H,1-2H3,(H2,10,13). The fraction of sp³-hybridized carbons (Fsp3) is 0.440. The first-order valence-electron chi connectivity index (χ1n) is 10.9. The Kier molecular flexibility index (Phi) is 11.5. The Morgan fingerprint density at radius 2 is 1.68 bits per heavy atom. The molecule has 34 heavy (non-hydrogen) atoms. The van der Waals surface area contributed by atoms with Gasteiger partial charge in [-0.15, -0.1) is 0 Å². The fourth-order valence-electron chi connectivity index (χ4n) is 2.92. The van der Waals surface area contributed by atoms with Gasteiger partial charge in [-0.2, -0.15) is 0 Å². The SMILES string of the molecule is CCC(=O)OC(C(C)C)C(C)Oc1ccc(C)cc1.COc1ccnc(C(N)=O)c1OC(C)=O. The number of aromatic nitrogens is 1. The Morgan fingerprint density at radius 1 is 1.06 bits per heavy atom. The predicted molar refractivity (Wildman–Crippen MR) is 127 cm³/mol. The van der Waals surface area contributed by atoms with Crippen molar-refractivity contribution in [2.75, 3.05) is 7.11 Å². The summed E-state index contributed by atoms with van der Waals surface area (Å²) in [4.78, 5) is 36.9. The minimum absolute atomic E-state index is 0.0556. The molecular formula is C25H34N2O7. The molecule has 2 atom stereocenters. The Morgan fingerprint density at radius 3 is 2.15 bits per heavy atom. The number of nitrogens with two attached hydrogens (primary N) is 1. The number of carbonyl (C=O) groups excluding carboxylic acids is 3. The van der Waals surface area contributed by atoms with Crippen molar-refractivity contribution in [3.63, 3.8) is 0 Å². The van der Waals surface area contributed by atoms with Gasteiger partial charge in [0, 0.05) is 25.6 Å². The zero-order chi connectivity index (χ0) is 25.8. The van der Waals surface area contributed by atoms with Crippen molar-refractivity contribution in [3.05, 3.63) is 47.8 Å². The van der Waals surface area contributed by atoms with Crippen molar-refractivity contribution in [3.8, 4) is 17.2 Å². The molecule has 0 aliphatic carbocycles. The van der Waals surface area contributed by atoms with Gasteiger partial charge in [-0.3, -0.25) is 14.4 Å². The predicted octanol–water partition coefficient (Wildman–Crippen LogP) is 3.85. The topological polar surface area (TPSA) is 127 Å². The van der Waals surface area contributed by atoms with E-state index in [1.165, 1.54) is 31.9 Å². The molecule has 1 amide bonds. The molecule has 9 heteroatoms. The van der Waals surface area contributed by atoms with Gasteiger partial charge in [0.1, 0.15) is 18.0 Å². The molecule has 0 bridgehead atoms. The number of ether oxygens (including phenoxy) is 4. The van der Waals surface area contributed by atoms with E-state index in [2.05, 4.69) is 4.98 Å². The molecule has 9 nitrogen and oxygen atoms in total. The van der Waals surface area contributed by atoms with Crippen molar-refractivity contribution in [1.29, 1.82) is 0 Å². The molecule has 2 unspecified atom stereocenters. The number of hydrogen-bond acceptors (Lipinski definition) is 8. The van der Waals surface area contributed by atoms with Gasteiger partial charge in [-0.25, -0.2) is 4.98 Å². The van der Waals surface area contributed by atoms with E-state index < -0.39 is 11.9 Å². The third-order valence-electron chi connectivity index (χ3n) is 4.59. The van der Waals surface area contributed by atoms with Gasteiger partial charge in [0.2, 0.25) is 5.75 Å². The Labute approximate surface area is 200 Å². The number of nitrogens with zero attached hydrogens (tertiary/aromatic N) is 1. The molecule has 0 radical (unpaired) electrons. The van der Waals surface area contributed by atoms with Crippen molar-refractivity contribution < 1.29 is 33.3 Å². The van der Waals surface area contributed by atoms with Crippen molar-refractivity contribution in [2.24, 2.45) is 11.7 Å². The van der Waals surface area contributed by atoms with Crippen LogP contribution in [0.25, 0.3) is 0 Å². The summed E-state index contributed by atoms with van der Waals surface area (Å²) in [6.07, 6.45) is 1.33. The summed E-state index contributed by atoms with van der Waals surface area (Å²) in [5, 5.41) is 0. The summed E-state index contributed by atoms with van der Waals surface area (Å²) >= 11 is 0. The van der Waals surface area contributed by atoms with Crippen LogP contribution in [0.15, 0.2) is 36.5 Å². The zero-order valence-electron chi connectivity index (χ0n) is 20.8. The number of carbonyl (C=O) groups is 3. The van der Waals surface area contributed by atoms with Gasteiger partial charge < -0.3 is 24.7 Å². The van der Waals surface area contributed by atoms with E-state index in [0.717, 1.165) is 5.75 Å². The maximum atomic E-state index is 11.5. The smallest absolute Gasteiger partial charge is 0.308 e. The van der Waals surface area contributed by atoms with E-state index in [1.54, 1.807) is 6.92 Å². The highest BCUT2D eigenvalue weighted by atomic mass is 16.6. The van der Waals surface area contributed by atoms with Crippen LogP contribution in [0.2, 0.25) is 0 Å². The van der Waals surface area contributed by atoms with Crippen LogP contribution in [-0.4, -0.2) is 42.1 Å². The number of esters is 2. The quantitative estimate of drug-likeness (QED) is 0.543. The molecule has 0 spiro atoms. The molecule has 0 fully saturated rings. The Balaban J connectivity index is 0.000000350. The molecule has 2 rings (SSSR count). The van der Waals surface area contributed by atoms with Crippen LogP contribution in [0.1, 0.15) is 57.1 Å². The first-order valence-corrected chi connectivity index (χ1v) is 10.9. The Bertz CT molecular complexity index is 958. The second kappa shape index (κ2) is 13.8. The molecule has 0 saturated carbocycles. The molecule has 2 N–H and O–H groups in total. The third kappa shape index (κ3) is 9.09. The summed E-state index contributed by atoms with van der Waals surface area (Å²) in [5.74, 6) is -0.353. The maximum absolute atomic E-state index is 11.5. The van der Waals surface area contributed by atoms with E-state index in [-0.39, 0.29) is 41.3 Å². The minimum atomic E-state index is -0.787. The van der Waals surface area contributed by atoms with Crippen LogP contribution in [0.3, 0.4) is 0 Å². The zero-order valence-corrected chi connectivity index (χ0v) is 20.8. The molecule has 1 heterocycles. The van der Waals surface area contributed by atoms with Crippen molar-refractivity contribution in [2.45, 2.75) is 60.2 Å². The maximum Gasteiger partial charge on any atom is 0.308 e. The highest BCUT2D eigenvalue weighted by molar-refractivity contribution is 5.95. The number of hydrogen-bond donors (Lipinski definition) is 1. The van der Waals surface area contributed by atoms with Gasteiger partial charge in [0.25, 0.3) is 5.91 Å². The lowest BCUT2D eigenvalue weighted by Crippen LogP contribution is -2.37. The average Bonchev–Trinajstić information content (AvgIpc) is 2.78. The lowest BCUT2D eigenvalue weighted by molar-refractivity contribution is -0.156. The summed E-state index contributed by atoms with van der Waals surface area (Å²) in [6.45, 7) is 11.0. The molecule has 186 valence electrons. The van der Waals surface area contributed by atoms with Crippen LogP contribution in [0, 0.1) is 12.8 Å². The average molecular weight is 475 g/mol. The van der Waals surface area contributed by atoms with E-state index in [1.807, 2.05) is 52.0 Å². The molecular weight excluding hydrogens is 440 g/mol. The molecule has 1 aromatic carbocycles. The summed E-state index contributed by atoms with van der Waals surface area (Å²) in [6, 6.07) is 9.34. The van der Waals surface area contributed by atoms with Crippen molar-refractivity contribution in [1.82, 2.24) is 4.98 Å². The van der Waals surface area contributed by atoms with Crippen LogP contribution >= 0.6 is 0 Å². The lowest BCUT2D eigenvalue weighted by Gasteiger charge is -2.27. The van der Waals surface area contributed by atoms with E-state index in [0.29, 0.717) is 6.42 Å². The monoisotopic (exact) mass is 474 g/mol. The van der Waals surface area contributed by atoms with E-state index in [9.17, 15) is 14.4 Å². The third-order valence-corrected chi connectivity index (χ3v) is 4.59. The lowest BCUT2D eigenvalue weighted by atomic mass is 10.0. The number of methoxy groups -OCH3 is 1. The highest BCUT2D eigenvalue weighted by Crippen LogP contribution is 2.29. The molecule has 0 saturated heterocycles. The van der Waals surface area contributed by atoms with Crippen LogP contribution in [0.4, 0.5) is 0 Å². The van der Waals surface area contributed by atoms with E-state index >= 15 is 0 Å². The van der Waals surface area contributed by atoms with Crippen LogP contribution in [-0.2, 0) is 14.3 Å². The number of benzene rings is 1. The van der Waals surface area contributed by atoms with Gasteiger partial charge in [0.05, 0.1) is 7.11 Å². The first kappa shape index (κ1) is 28.4. The van der Waals surface area contributed by atoms with E-state index in [4.69, 9.17) is 24.7 Å². The Hall–Kier alpha value is -3.62. The number of pyridine rings is 1. The number of primary amides is 1. The highest BCUT2D eigenvalue weighted by Gasteiger charge is 2.26. The number of aryl methyl sites for hydroxylation is 1. The summed E-state index contributed by atoms with van der Waals surface area (Å²) in [7, 11) is 1.38. The first-order chi connectivity index (χ1) is 16.0. The fourth-order valence-corrected chi connectivity index (χ4v) is 2.92. The molecule has 0 aliphatic heterocycles. The van der Waals surface area contributed by atoms with Crippen LogP contribution < -0.4 is 19.9 Å². The largest absolute Gasteiger partial charge is 0.493 e. The second-order valence-electron chi connectivity index (χ2n) is 7.84. The van der Waals surface area contributed by atoms with Gasteiger partial charge in [-0.05, 0) is 31.9 Å². The minimum Gasteiger partial charge on any atom is -0.493 e. The van der Waals surface area contributed by atoms with Crippen LogP contribution in [0.5, 0.6) is 17.2 Å². The molecule has 1 aromatic heterocycles. The summed E-state index contributed by atoms with van der Waals surface area (Å²) in [5.41, 5.74) is 6.12. The van der Waals surface area contributed by atoms with Gasteiger partial charge >= 0.3 is 11.9 Å². The number of amides is 1. The molecule has 0 aliphatic rings. The molecule has 2 aromatic rings. The second-order valence-corrected chi connectivity index (χ2v) is 7.84. The van der Waals surface area contributed by atoms with Gasteiger partial charge in [0.15, 0.2) is 11.4 Å². The van der Waals surface area contributed by atoms with Crippen molar-refractivity contribution >= 4 is 17.8 Å². The number of rotatable bonds is 9. The van der Waals surface area contributed by atoms with Gasteiger partial charge in [-0.1, -0.05) is 38.5 Å². The summed E-state index contributed by atoms with van der Waals surface area (Å²) < 4.78 is 21.0.